The smallest absolute Gasteiger partial charge is 0.224 e. The van der Waals surface area contributed by atoms with Crippen LogP contribution in [-0.4, -0.2) is 34.2 Å². The van der Waals surface area contributed by atoms with Crippen molar-refractivity contribution in [2.75, 3.05) is 18.4 Å². The molecule has 0 aliphatic carbocycles. The van der Waals surface area contributed by atoms with Crippen LogP contribution < -0.4 is 10.6 Å². The zero-order valence-corrected chi connectivity index (χ0v) is 14.2. The molecular weight excluding hydrogens is 326 g/mol. The van der Waals surface area contributed by atoms with Gasteiger partial charge in [0.25, 0.3) is 0 Å². The van der Waals surface area contributed by atoms with Gasteiger partial charge < -0.3 is 10.6 Å². The van der Waals surface area contributed by atoms with Crippen LogP contribution in [0.5, 0.6) is 0 Å². The SMILES string of the molecule is O=C(Cc1ccc2cn[nH]c2c1)NCCNc1ccc2ccccc2n1. The van der Waals surface area contributed by atoms with Crippen LogP contribution in [0.15, 0.2) is 60.8 Å². The molecule has 0 saturated heterocycles. The van der Waals surface area contributed by atoms with Crippen LogP contribution in [0.2, 0.25) is 0 Å². The van der Waals surface area contributed by atoms with Crippen molar-refractivity contribution in [1.82, 2.24) is 20.5 Å². The highest BCUT2D eigenvalue weighted by atomic mass is 16.1. The molecule has 0 bridgehead atoms. The molecule has 0 atom stereocenters. The fourth-order valence-corrected chi connectivity index (χ4v) is 2.90. The van der Waals surface area contributed by atoms with Gasteiger partial charge in [-0.3, -0.25) is 9.89 Å². The molecule has 2 heterocycles. The lowest BCUT2D eigenvalue weighted by molar-refractivity contribution is -0.120. The Kier molecular flexibility index (Phi) is 4.47. The molecule has 0 aliphatic heterocycles. The highest BCUT2D eigenvalue weighted by molar-refractivity contribution is 5.83. The highest BCUT2D eigenvalue weighted by Crippen LogP contribution is 2.14. The van der Waals surface area contributed by atoms with Crippen molar-refractivity contribution in [1.29, 1.82) is 0 Å². The monoisotopic (exact) mass is 345 g/mol. The van der Waals surface area contributed by atoms with E-state index < -0.39 is 0 Å². The first-order valence-electron chi connectivity index (χ1n) is 8.56. The lowest BCUT2D eigenvalue weighted by Crippen LogP contribution is -2.30. The van der Waals surface area contributed by atoms with Crippen molar-refractivity contribution >= 4 is 33.5 Å². The number of hydrogen-bond donors (Lipinski definition) is 3. The number of fused-ring (bicyclic) bond motifs is 2. The van der Waals surface area contributed by atoms with E-state index in [2.05, 4.69) is 25.8 Å². The summed E-state index contributed by atoms with van der Waals surface area (Å²) in [6.45, 7) is 1.16. The molecule has 0 fully saturated rings. The third-order valence-corrected chi connectivity index (χ3v) is 4.22. The Morgan fingerprint density at radius 1 is 1.00 bits per heavy atom. The maximum atomic E-state index is 12.1. The van der Waals surface area contributed by atoms with Gasteiger partial charge in [0, 0.05) is 23.9 Å². The summed E-state index contributed by atoms with van der Waals surface area (Å²) in [6, 6.07) is 17.9. The normalized spacial score (nSPS) is 10.9. The molecule has 0 spiro atoms. The van der Waals surface area contributed by atoms with Crippen molar-refractivity contribution < 1.29 is 4.79 Å². The van der Waals surface area contributed by atoms with Crippen LogP contribution in [-0.2, 0) is 11.2 Å². The predicted molar refractivity (Wildman–Crippen MR) is 103 cm³/mol. The van der Waals surface area contributed by atoms with Crippen molar-refractivity contribution in [3.8, 4) is 0 Å². The number of nitrogens with one attached hydrogen (secondary N) is 3. The van der Waals surface area contributed by atoms with Crippen LogP contribution >= 0.6 is 0 Å². The molecule has 4 rings (SSSR count). The Balaban J connectivity index is 1.26. The average molecular weight is 345 g/mol. The van der Waals surface area contributed by atoms with E-state index in [0.717, 1.165) is 33.2 Å². The molecule has 26 heavy (non-hydrogen) atoms. The van der Waals surface area contributed by atoms with Gasteiger partial charge in [-0.1, -0.05) is 30.3 Å². The second kappa shape index (κ2) is 7.23. The van der Waals surface area contributed by atoms with Gasteiger partial charge in [-0.15, -0.1) is 0 Å². The maximum absolute atomic E-state index is 12.1. The van der Waals surface area contributed by atoms with E-state index in [1.54, 1.807) is 6.20 Å². The van der Waals surface area contributed by atoms with Gasteiger partial charge in [-0.05, 0) is 29.8 Å². The zero-order valence-electron chi connectivity index (χ0n) is 14.2. The van der Waals surface area contributed by atoms with Crippen molar-refractivity contribution in [3.63, 3.8) is 0 Å². The molecule has 6 heteroatoms. The molecule has 2 aromatic carbocycles. The average Bonchev–Trinajstić information content (AvgIpc) is 3.13. The molecule has 6 nitrogen and oxygen atoms in total. The number of para-hydroxylation sites is 1. The number of benzene rings is 2. The number of carbonyl (C=O) groups excluding carboxylic acids is 1. The van der Waals surface area contributed by atoms with Crippen molar-refractivity contribution in [3.05, 3.63) is 66.4 Å². The number of carbonyl (C=O) groups is 1. The van der Waals surface area contributed by atoms with Crippen LogP contribution in [0.3, 0.4) is 0 Å². The van der Waals surface area contributed by atoms with E-state index in [1.807, 2.05) is 54.6 Å². The summed E-state index contributed by atoms with van der Waals surface area (Å²) < 4.78 is 0. The van der Waals surface area contributed by atoms with Crippen LogP contribution in [0.25, 0.3) is 21.8 Å². The van der Waals surface area contributed by atoms with Gasteiger partial charge in [0.1, 0.15) is 5.82 Å². The fraction of sp³-hybridized carbons (Fsp3) is 0.150. The largest absolute Gasteiger partial charge is 0.368 e. The molecule has 0 unspecified atom stereocenters. The third kappa shape index (κ3) is 3.64. The summed E-state index contributed by atoms with van der Waals surface area (Å²) >= 11 is 0. The molecule has 130 valence electrons. The Bertz CT molecular complexity index is 1060. The lowest BCUT2D eigenvalue weighted by Gasteiger charge is -2.08. The number of pyridine rings is 1. The summed E-state index contributed by atoms with van der Waals surface area (Å²) in [5.74, 6) is 0.805. The number of anilines is 1. The van der Waals surface area contributed by atoms with E-state index in [-0.39, 0.29) is 5.91 Å². The van der Waals surface area contributed by atoms with E-state index in [4.69, 9.17) is 0 Å². The number of aromatic amines is 1. The van der Waals surface area contributed by atoms with Crippen LogP contribution in [0.4, 0.5) is 5.82 Å². The molecule has 1 amide bonds. The Labute approximate surface area is 150 Å². The van der Waals surface area contributed by atoms with Crippen LogP contribution in [0, 0.1) is 0 Å². The molecule has 0 saturated carbocycles. The molecule has 3 N–H and O–H groups in total. The zero-order chi connectivity index (χ0) is 17.8. The fourth-order valence-electron chi connectivity index (χ4n) is 2.90. The minimum Gasteiger partial charge on any atom is -0.368 e. The maximum Gasteiger partial charge on any atom is 0.224 e. The number of hydrogen-bond acceptors (Lipinski definition) is 4. The first-order chi connectivity index (χ1) is 12.8. The van der Waals surface area contributed by atoms with E-state index >= 15 is 0 Å². The first kappa shape index (κ1) is 16.1. The minimum atomic E-state index is -0.00265. The van der Waals surface area contributed by atoms with E-state index in [0.29, 0.717) is 19.5 Å². The topological polar surface area (TPSA) is 82.7 Å². The molecule has 0 aliphatic rings. The Morgan fingerprint density at radius 3 is 2.85 bits per heavy atom. The molecule has 4 aromatic rings. The van der Waals surface area contributed by atoms with Gasteiger partial charge in [0.2, 0.25) is 5.91 Å². The second-order valence-corrected chi connectivity index (χ2v) is 6.13. The summed E-state index contributed by atoms with van der Waals surface area (Å²) in [5.41, 5.74) is 2.86. The number of H-pyrrole nitrogens is 1. The number of amides is 1. The number of nitrogens with zero attached hydrogens (tertiary/aromatic N) is 2. The number of rotatable bonds is 6. The minimum absolute atomic E-state index is 0.00265. The summed E-state index contributed by atoms with van der Waals surface area (Å²) in [4.78, 5) is 16.6. The number of aromatic nitrogens is 3. The third-order valence-electron chi connectivity index (χ3n) is 4.22. The Hall–Kier alpha value is -3.41. The van der Waals surface area contributed by atoms with Crippen molar-refractivity contribution in [2.45, 2.75) is 6.42 Å². The molecule has 2 aromatic heterocycles. The second-order valence-electron chi connectivity index (χ2n) is 6.13. The summed E-state index contributed by atoms with van der Waals surface area (Å²) in [5, 5.41) is 15.2. The Morgan fingerprint density at radius 2 is 1.88 bits per heavy atom. The highest BCUT2D eigenvalue weighted by Gasteiger charge is 2.05. The summed E-state index contributed by atoms with van der Waals surface area (Å²) in [6.07, 6.45) is 2.12. The van der Waals surface area contributed by atoms with Gasteiger partial charge in [0.15, 0.2) is 0 Å². The predicted octanol–water partition coefficient (Wildman–Crippen LogP) is 2.88. The van der Waals surface area contributed by atoms with Crippen LogP contribution in [0.1, 0.15) is 5.56 Å². The van der Waals surface area contributed by atoms with Gasteiger partial charge >= 0.3 is 0 Å². The molecular formula is C20H19N5O. The van der Waals surface area contributed by atoms with Gasteiger partial charge in [-0.25, -0.2) is 4.98 Å². The standard InChI is InChI=1S/C20H19N5O/c26-20(12-14-5-6-16-13-23-25-18(16)11-14)22-10-9-21-19-8-7-15-3-1-2-4-17(15)24-19/h1-8,11,13H,9-10,12H2,(H,21,24)(H,22,26)(H,23,25). The lowest BCUT2D eigenvalue weighted by atomic mass is 10.1. The first-order valence-corrected chi connectivity index (χ1v) is 8.56. The van der Waals surface area contributed by atoms with Crippen molar-refractivity contribution in [2.24, 2.45) is 0 Å². The summed E-state index contributed by atoms with van der Waals surface area (Å²) in [7, 11) is 0. The molecule has 0 radical (unpaired) electrons. The van der Waals surface area contributed by atoms with E-state index in [9.17, 15) is 4.79 Å². The quantitative estimate of drug-likeness (QED) is 0.469. The van der Waals surface area contributed by atoms with Gasteiger partial charge in [0.05, 0.1) is 23.7 Å². The van der Waals surface area contributed by atoms with Gasteiger partial charge in [-0.2, -0.15) is 5.10 Å². The van der Waals surface area contributed by atoms with E-state index in [1.165, 1.54) is 0 Å².